The normalized spacial score (nSPS) is 13.3. The van der Waals surface area contributed by atoms with E-state index in [4.69, 9.17) is 9.47 Å². The lowest BCUT2D eigenvalue weighted by molar-refractivity contribution is -0.385. The molecular formula is C14H19NO6. The van der Waals surface area contributed by atoms with E-state index in [-0.39, 0.29) is 23.6 Å². The van der Waals surface area contributed by atoms with Gasteiger partial charge in [-0.15, -0.1) is 0 Å². The van der Waals surface area contributed by atoms with E-state index in [9.17, 15) is 20.0 Å². The van der Waals surface area contributed by atoms with Gasteiger partial charge in [0.25, 0.3) is 5.69 Å². The van der Waals surface area contributed by atoms with E-state index < -0.39 is 23.1 Å². The summed E-state index contributed by atoms with van der Waals surface area (Å²) in [5, 5.41) is 20.5. The van der Waals surface area contributed by atoms with Crippen molar-refractivity contribution in [2.75, 3.05) is 6.61 Å². The Morgan fingerprint density at radius 3 is 2.57 bits per heavy atom. The molecule has 7 nitrogen and oxygen atoms in total. The highest BCUT2D eigenvalue weighted by molar-refractivity contribution is 5.75. The SMILES string of the molecule is CCOC(=O)C(CC)Oc1ccc([N+](=O)[O-])cc1[C@H](C)O. The van der Waals surface area contributed by atoms with Gasteiger partial charge in [0.05, 0.1) is 17.6 Å². The number of aliphatic hydroxyl groups is 1. The van der Waals surface area contributed by atoms with Crippen molar-refractivity contribution in [2.45, 2.75) is 39.4 Å². The van der Waals surface area contributed by atoms with Gasteiger partial charge in [-0.25, -0.2) is 4.79 Å². The number of carbonyl (C=O) groups is 1. The van der Waals surface area contributed by atoms with Gasteiger partial charge in [0, 0.05) is 17.7 Å². The van der Waals surface area contributed by atoms with E-state index in [1.54, 1.807) is 13.8 Å². The maximum atomic E-state index is 11.7. The van der Waals surface area contributed by atoms with Gasteiger partial charge >= 0.3 is 5.97 Å². The van der Waals surface area contributed by atoms with Crippen molar-refractivity contribution in [2.24, 2.45) is 0 Å². The molecule has 0 aromatic heterocycles. The Balaban J connectivity index is 3.06. The molecule has 1 N–H and O–H groups in total. The van der Waals surface area contributed by atoms with Gasteiger partial charge in [0.15, 0.2) is 6.10 Å². The molecule has 0 aliphatic rings. The molecule has 1 aromatic rings. The summed E-state index contributed by atoms with van der Waals surface area (Å²) in [7, 11) is 0. The van der Waals surface area contributed by atoms with Crippen LogP contribution in [0.5, 0.6) is 5.75 Å². The molecule has 1 unspecified atom stereocenters. The van der Waals surface area contributed by atoms with E-state index >= 15 is 0 Å². The molecule has 0 radical (unpaired) electrons. The Kier molecular flexibility index (Phi) is 6.10. The smallest absolute Gasteiger partial charge is 0.347 e. The fourth-order valence-electron chi connectivity index (χ4n) is 1.77. The topological polar surface area (TPSA) is 98.9 Å². The lowest BCUT2D eigenvalue weighted by atomic mass is 10.1. The monoisotopic (exact) mass is 297 g/mol. The van der Waals surface area contributed by atoms with Crippen LogP contribution in [-0.4, -0.2) is 28.7 Å². The molecule has 21 heavy (non-hydrogen) atoms. The minimum absolute atomic E-state index is 0.151. The maximum absolute atomic E-state index is 11.7. The first-order valence-electron chi connectivity index (χ1n) is 6.70. The van der Waals surface area contributed by atoms with Gasteiger partial charge in [-0.05, 0) is 26.3 Å². The zero-order valence-electron chi connectivity index (χ0n) is 12.2. The van der Waals surface area contributed by atoms with Gasteiger partial charge in [-0.1, -0.05) is 6.92 Å². The number of nitro benzene ring substituents is 1. The summed E-state index contributed by atoms with van der Waals surface area (Å²) in [4.78, 5) is 21.9. The summed E-state index contributed by atoms with van der Waals surface area (Å²) >= 11 is 0. The number of carbonyl (C=O) groups excluding carboxylic acids is 1. The number of nitro groups is 1. The van der Waals surface area contributed by atoms with Crippen molar-refractivity contribution in [3.8, 4) is 5.75 Å². The molecule has 0 spiro atoms. The van der Waals surface area contributed by atoms with Gasteiger partial charge in [-0.2, -0.15) is 0 Å². The van der Waals surface area contributed by atoms with Crippen LogP contribution >= 0.6 is 0 Å². The molecule has 0 heterocycles. The van der Waals surface area contributed by atoms with Crippen LogP contribution in [0.2, 0.25) is 0 Å². The highest BCUT2D eigenvalue weighted by Gasteiger charge is 2.23. The highest BCUT2D eigenvalue weighted by atomic mass is 16.6. The zero-order valence-corrected chi connectivity index (χ0v) is 12.2. The Morgan fingerprint density at radius 1 is 1.43 bits per heavy atom. The maximum Gasteiger partial charge on any atom is 0.347 e. The van der Waals surface area contributed by atoms with Gasteiger partial charge in [0.2, 0.25) is 0 Å². The van der Waals surface area contributed by atoms with E-state index in [1.165, 1.54) is 25.1 Å². The fourth-order valence-corrected chi connectivity index (χ4v) is 1.77. The third-order valence-corrected chi connectivity index (χ3v) is 2.84. The molecule has 0 fully saturated rings. The number of hydrogen-bond acceptors (Lipinski definition) is 6. The number of ether oxygens (including phenoxy) is 2. The highest BCUT2D eigenvalue weighted by Crippen LogP contribution is 2.30. The Labute approximate surface area is 122 Å². The zero-order chi connectivity index (χ0) is 16.0. The van der Waals surface area contributed by atoms with E-state index in [1.807, 2.05) is 0 Å². The van der Waals surface area contributed by atoms with Crippen molar-refractivity contribution >= 4 is 11.7 Å². The Morgan fingerprint density at radius 2 is 2.10 bits per heavy atom. The van der Waals surface area contributed by atoms with Crippen LogP contribution in [0, 0.1) is 10.1 Å². The second-order valence-corrected chi connectivity index (χ2v) is 4.42. The minimum atomic E-state index is -0.959. The molecular weight excluding hydrogens is 278 g/mol. The largest absolute Gasteiger partial charge is 0.478 e. The molecule has 0 saturated carbocycles. The van der Waals surface area contributed by atoms with Crippen molar-refractivity contribution in [3.05, 3.63) is 33.9 Å². The van der Waals surface area contributed by atoms with E-state index in [0.717, 1.165) is 0 Å². The predicted octanol–water partition coefficient (Wildman–Crippen LogP) is 2.37. The van der Waals surface area contributed by atoms with Crippen molar-refractivity contribution in [1.82, 2.24) is 0 Å². The fraction of sp³-hybridized carbons (Fsp3) is 0.500. The third kappa shape index (κ3) is 4.42. The predicted molar refractivity (Wildman–Crippen MR) is 75.1 cm³/mol. The first-order valence-corrected chi connectivity index (χ1v) is 6.70. The summed E-state index contributed by atoms with van der Waals surface area (Å²) in [6, 6.07) is 3.87. The van der Waals surface area contributed by atoms with Crippen LogP contribution in [0.1, 0.15) is 38.9 Å². The van der Waals surface area contributed by atoms with E-state index in [2.05, 4.69) is 0 Å². The third-order valence-electron chi connectivity index (χ3n) is 2.84. The molecule has 0 aliphatic heterocycles. The number of aliphatic hydroxyl groups excluding tert-OH is 1. The number of non-ortho nitro benzene ring substituents is 1. The number of esters is 1. The van der Waals surface area contributed by atoms with Crippen LogP contribution < -0.4 is 4.74 Å². The van der Waals surface area contributed by atoms with Gasteiger partial charge < -0.3 is 14.6 Å². The molecule has 0 aliphatic carbocycles. The standard InChI is InChI=1S/C14H19NO6/c1-4-12(14(17)20-5-2)21-13-7-6-10(15(18)19)8-11(13)9(3)16/h6-9,12,16H,4-5H2,1-3H3/t9-,12?/m0/s1. The van der Waals surface area contributed by atoms with Crippen molar-refractivity contribution < 1.29 is 24.3 Å². The molecule has 0 saturated heterocycles. The van der Waals surface area contributed by atoms with Gasteiger partial charge in [-0.3, -0.25) is 10.1 Å². The van der Waals surface area contributed by atoms with Crippen LogP contribution in [0.15, 0.2) is 18.2 Å². The average molecular weight is 297 g/mol. The number of rotatable bonds is 7. The van der Waals surface area contributed by atoms with E-state index in [0.29, 0.717) is 6.42 Å². The quantitative estimate of drug-likeness (QED) is 0.471. The summed E-state index contributed by atoms with van der Waals surface area (Å²) < 4.78 is 10.4. The van der Waals surface area contributed by atoms with Gasteiger partial charge in [0.1, 0.15) is 5.75 Å². The molecule has 2 atom stereocenters. The Hall–Kier alpha value is -2.15. The lowest BCUT2D eigenvalue weighted by Gasteiger charge is -2.19. The summed E-state index contributed by atoms with van der Waals surface area (Å²) in [5.41, 5.74) is 0.106. The van der Waals surface area contributed by atoms with Crippen LogP contribution in [0.3, 0.4) is 0 Å². The second kappa shape index (κ2) is 7.58. The lowest BCUT2D eigenvalue weighted by Crippen LogP contribution is -2.29. The molecule has 0 amide bonds. The number of benzene rings is 1. The summed E-state index contributed by atoms with van der Waals surface area (Å²) in [6.07, 6.45) is -1.39. The van der Waals surface area contributed by atoms with Crippen LogP contribution in [0.4, 0.5) is 5.69 Å². The van der Waals surface area contributed by atoms with Crippen molar-refractivity contribution in [3.63, 3.8) is 0 Å². The molecule has 0 bridgehead atoms. The summed E-state index contributed by atoms with van der Waals surface area (Å²) in [6.45, 7) is 5.16. The van der Waals surface area contributed by atoms with Crippen LogP contribution in [0.25, 0.3) is 0 Å². The first-order chi connectivity index (χ1) is 9.90. The molecule has 1 aromatic carbocycles. The average Bonchev–Trinajstić information content (AvgIpc) is 2.44. The Bertz CT molecular complexity index is 514. The minimum Gasteiger partial charge on any atom is -0.478 e. The number of nitrogens with zero attached hydrogens (tertiary/aromatic N) is 1. The second-order valence-electron chi connectivity index (χ2n) is 4.42. The summed E-state index contributed by atoms with van der Waals surface area (Å²) in [5.74, 6) is -0.273. The first kappa shape index (κ1) is 16.9. The number of hydrogen-bond donors (Lipinski definition) is 1. The van der Waals surface area contributed by atoms with Crippen molar-refractivity contribution in [1.29, 1.82) is 0 Å². The molecule has 7 heteroatoms. The molecule has 1 rings (SSSR count). The molecule has 116 valence electrons. The van der Waals surface area contributed by atoms with Crippen LogP contribution in [-0.2, 0) is 9.53 Å².